The van der Waals surface area contributed by atoms with Gasteiger partial charge in [0.25, 0.3) is 0 Å². The molecule has 0 aliphatic heterocycles. The Labute approximate surface area is 118 Å². The number of nitriles is 1. The topological polar surface area (TPSA) is 71.9 Å². The minimum Gasteiger partial charge on any atom is -0.436 e. The van der Waals surface area contributed by atoms with Crippen molar-refractivity contribution < 1.29 is 9.13 Å². The van der Waals surface area contributed by atoms with Gasteiger partial charge < -0.3 is 10.5 Å². The molecule has 0 saturated carbocycles. The van der Waals surface area contributed by atoms with Crippen LogP contribution in [0.3, 0.4) is 0 Å². The Morgan fingerprint density at radius 2 is 2.05 bits per heavy atom. The van der Waals surface area contributed by atoms with Gasteiger partial charge in [0, 0.05) is 0 Å². The van der Waals surface area contributed by atoms with Gasteiger partial charge in [0.05, 0.1) is 5.02 Å². The van der Waals surface area contributed by atoms with Gasteiger partial charge in [0.15, 0.2) is 0 Å². The van der Waals surface area contributed by atoms with Crippen molar-refractivity contribution >= 4 is 29.0 Å². The molecule has 2 N–H and O–H groups in total. The molecule has 0 aliphatic rings. The van der Waals surface area contributed by atoms with Crippen LogP contribution in [0.4, 0.5) is 10.2 Å². The number of aromatic nitrogens is 1. The van der Waals surface area contributed by atoms with Gasteiger partial charge in [0.2, 0.25) is 5.88 Å². The predicted molar refractivity (Wildman–Crippen MR) is 69.9 cm³/mol. The van der Waals surface area contributed by atoms with E-state index < -0.39 is 5.82 Å². The first kappa shape index (κ1) is 13.4. The molecule has 1 heterocycles. The Morgan fingerprint density at radius 3 is 2.74 bits per heavy atom. The number of ether oxygens (including phenoxy) is 1. The van der Waals surface area contributed by atoms with Crippen LogP contribution < -0.4 is 10.5 Å². The summed E-state index contributed by atoms with van der Waals surface area (Å²) in [5.74, 6) is -0.724. The number of pyridine rings is 1. The zero-order chi connectivity index (χ0) is 14.0. The highest BCUT2D eigenvalue weighted by Crippen LogP contribution is 2.33. The summed E-state index contributed by atoms with van der Waals surface area (Å²) < 4.78 is 18.7. The van der Waals surface area contributed by atoms with Crippen LogP contribution in [0.5, 0.6) is 11.6 Å². The summed E-state index contributed by atoms with van der Waals surface area (Å²) in [6.07, 6.45) is 0. The molecule has 0 aliphatic carbocycles. The zero-order valence-corrected chi connectivity index (χ0v) is 10.8. The highest BCUT2D eigenvalue weighted by molar-refractivity contribution is 6.36. The van der Waals surface area contributed by atoms with Crippen LogP contribution in [0.15, 0.2) is 24.3 Å². The number of rotatable bonds is 2. The normalized spacial score (nSPS) is 10.0. The average molecular weight is 298 g/mol. The van der Waals surface area contributed by atoms with Crippen LogP contribution in [-0.2, 0) is 0 Å². The van der Waals surface area contributed by atoms with Crippen LogP contribution in [-0.4, -0.2) is 4.98 Å². The molecule has 0 saturated heterocycles. The van der Waals surface area contributed by atoms with E-state index in [1.165, 1.54) is 18.2 Å². The first-order chi connectivity index (χ1) is 9.02. The van der Waals surface area contributed by atoms with E-state index >= 15 is 0 Å². The van der Waals surface area contributed by atoms with Gasteiger partial charge in [-0.05, 0) is 18.2 Å². The molecule has 0 amide bonds. The molecule has 1 aromatic heterocycles. The fourth-order valence-electron chi connectivity index (χ4n) is 1.34. The lowest BCUT2D eigenvalue weighted by Crippen LogP contribution is -1.97. The van der Waals surface area contributed by atoms with E-state index in [1.807, 2.05) is 0 Å². The summed E-state index contributed by atoms with van der Waals surface area (Å²) in [7, 11) is 0. The van der Waals surface area contributed by atoms with Gasteiger partial charge in [-0.2, -0.15) is 10.2 Å². The molecular weight excluding hydrogens is 292 g/mol. The van der Waals surface area contributed by atoms with Crippen LogP contribution in [0.2, 0.25) is 10.0 Å². The Bertz CT molecular complexity index is 685. The van der Waals surface area contributed by atoms with Gasteiger partial charge in [-0.25, -0.2) is 4.39 Å². The summed E-state index contributed by atoms with van der Waals surface area (Å²) in [6, 6.07) is 7.03. The summed E-state index contributed by atoms with van der Waals surface area (Å²) in [5, 5.41) is 9.16. The van der Waals surface area contributed by atoms with Crippen molar-refractivity contribution in [1.29, 1.82) is 5.26 Å². The quantitative estimate of drug-likeness (QED) is 0.916. The van der Waals surface area contributed by atoms with E-state index in [0.717, 1.165) is 6.07 Å². The smallest absolute Gasteiger partial charge is 0.240 e. The van der Waals surface area contributed by atoms with Gasteiger partial charge in [-0.1, -0.05) is 29.3 Å². The SMILES string of the molecule is N#Cc1c(F)cccc1Oc1nc(N)c(Cl)cc1Cl. The Hall–Kier alpha value is -2.03. The summed E-state index contributed by atoms with van der Waals surface area (Å²) in [5.41, 5.74) is 5.28. The molecule has 96 valence electrons. The lowest BCUT2D eigenvalue weighted by atomic mass is 10.2. The van der Waals surface area contributed by atoms with Crippen molar-refractivity contribution in [1.82, 2.24) is 4.98 Å². The largest absolute Gasteiger partial charge is 0.436 e. The third-order valence-corrected chi connectivity index (χ3v) is 2.79. The highest BCUT2D eigenvalue weighted by Gasteiger charge is 2.14. The number of benzene rings is 1. The van der Waals surface area contributed by atoms with E-state index in [2.05, 4.69) is 4.98 Å². The van der Waals surface area contributed by atoms with Crippen molar-refractivity contribution in [2.24, 2.45) is 0 Å². The maximum atomic E-state index is 13.4. The second kappa shape index (κ2) is 5.31. The first-order valence-corrected chi connectivity index (χ1v) is 5.76. The van der Waals surface area contributed by atoms with Crippen molar-refractivity contribution in [3.8, 4) is 17.7 Å². The summed E-state index contributed by atoms with van der Waals surface area (Å²) >= 11 is 11.6. The van der Waals surface area contributed by atoms with Crippen LogP contribution in [0.25, 0.3) is 0 Å². The lowest BCUT2D eigenvalue weighted by Gasteiger charge is -2.09. The van der Waals surface area contributed by atoms with E-state index in [0.29, 0.717) is 0 Å². The maximum Gasteiger partial charge on any atom is 0.240 e. The van der Waals surface area contributed by atoms with Crippen LogP contribution in [0.1, 0.15) is 5.56 Å². The van der Waals surface area contributed by atoms with Gasteiger partial charge in [-0.3, -0.25) is 0 Å². The number of halogens is 3. The number of nitrogen functional groups attached to an aromatic ring is 1. The van der Waals surface area contributed by atoms with E-state index in [9.17, 15) is 4.39 Å². The van der Waals surface area contributed by atoms with Crippen LogP contribution in [0, 0.1) is 17.1 Å². The minimum atomic E-state index is -0.696. The third kappa shape index (κ3) is 2.70. The number of hydrogen-bond donors (Lipinski definition) is 1. The summed E-state index contributed by atoms with van der Waals surface area (Å²) in [6.45, 7) is 0. The minimum absolute atomic E-state index is 0.00128. The van der Waals surface area contributed by atoms with Gasteiger partial charge in [-0.15, -0.1) is 0 Å². The molecule has 2 aromatic rings. The second-order valence-corrected chi connectivity index (χ2v) is 4.28. The number of nitrogens with two attached hydrogens (primary N) is 1. The van der Waals surface area contributed by atoms with Crippen molar-refractivity contribution in [3.05, 3.63) is 45.7 Å². The molecule has 19 heavy (non-hydrogen) atoms. The van der Waals surface area contributed by atoms with E-state index in [-0.39, 0.29) is 33.1 Å². The molecule has 2 rings (SSSR count). The molecule has 0 spiro atoms. The molecule has 0 radical (unpaired) electrons. The third-order valence-electron chi connectivity index (χ3n) is 2.22. The number of anilines is 1. The fraction of sp³-hybridized carbons (Fsp3) is 0. The molecule has 0 bridgehead atoms. The first-order valence-electron chi connectivity index (χ1n) is 5.01. The molecule has 0 atom stereocenters. The van der Waals surface area contributed by atoms with Crippen LogP contribution >= 0.6 is 23.2 Å². The fourth-order valence-corrected chi connectivity index (χ4v) is 1.73. The Kier molecular flexibility index (Phi) is 3.74. The molecule has 7 heteroatoms. The second-order valence-electron chi connectivity index (χ2n) is 3.47. The van der Waals surface area contributed by atoms with Gasteiger partial charge >= 0.3 is 0 Å². The molecule has 1 aromatic carbocycles. The maximum absolute atomic E-state index is 13.4. The lowest BCUT2D eigenvalue weighted by molar-refractivity contribution is 0.457. The average Bonchev–Trinajstić information content (AvgIpc) is 2.36. The zero-order valence-electron chi connectivity index (χ0n) is 9.32. The summed E-state index contributed by atoms with van der Waals surface area (Å²) in [4.78, 5) is 3.83. The standard InChI is InChI=1S/C12H6Cl2FN3O/c13-7-4-8(14)12(18-11(7)17)19-10-3-1-2-9(15)6(10)5-16/h1-4H,(H2,17,18). The predicted octanol–water partition coefficient (Wildman–Crippen LogP) is 3.77. The van der Waals surface area contributed by atoms with Crippen molar-refractivity contribution in [3.63, 3.8) is 0 Å². The molecule has 0 fully saturated rings. The van der Waals surface area contributed by atoms with E-state index in [1.54, 1.807) is 6.07 Å². The molecule has 4 nitrogen and oxygen atoms in total. The Morgan fingerprint density at radius 1 is 1.32 bits per heavy atom. The monoisotopic (exact) mass is 297 g/mol. The van der Waals surface area contributed by atoms with Crippen molar-refractivity contribution in [2.75, 3.05) is 5.73 Å². The Balaban J connectivity index is 2.45. The molecular formula is C12H6Cl2FN3O. The van der Waals surface area contributed by atoms with Crippen molar-refractivity contribution in [2.45, 2.75) is 0 Å². The highest BCUT2D eigenvalue weighted by atomic mass is 35.5. The number of nitrogens with zero attached hydrogens (tertiary/aromatic N) is 2. The molecule has 0 unspecified atom stereocenters. The number of hydrogen-bond acceptors (Lipinski definition) is 4. The van der Waals surface area contributed by atoms with Gasteiger partial charge in [0.1, 0.15) is 34.0 Å². The van der Waals surface area contributed by atoms with E-state index in [4.69, 9.17) is 38.9 Å².